The molecule has 0 saturated heterocycles. The molecule has 0 saturated carbocycles. The predicted octanol–water partition coefficient (Wildman–Crippen LogP) is 3.95. The van der Waals surface area contributed by atoms with Crippen LogP contribution in [-0.4, -0.2) is 0 Å². The van der Waals surface area contributed by atoms with Crippen molar-refractivity contribution in [1.82, 2.24) is 0 Å². The van der Waals surface area contributed by atoms with Crippen molar-refractivity contribution < 1.29 is 28.0 Å². The Bertz CT molecular complexity index is 1260. The molecule has 0 aliphatic heterocycles. The maximum absolute atomic E-state index is 12.9. The second-order valence-corrected chi connectivity index (χ2v) is 6.83. The number of halogens is 3. The molecule has 0 aliphatic carbocycles. The van der Waals surface area contributed by atoms with E-state index in [1.165, 1.54) is 24.3 Å². The van der Waals surface area contributed by atoms with Crippen LogP contribution in [0.3, 0.4) is 0 Å². The number of hydrogen-bond acceptors (Lipinski definition) is 3. The zero-order valence-corrected chi connectivity index (χ0v) is 15.6. The average Bonchev–Trinajstić information content (AvgIpc) is 2.72. The Hall–Kier alpha value is -3.58. The van der Waals surface area contributed by atoms with E-state index < -0.39 is 17.4 Å². The SMILES string of the molecule is O=c1cc(C[NH2+]c2cccc(C(F)(F)F)c2)c2cc([O-])c(-c3ccccc3)cc2o1. The zero-order valence-electron chi connectivity index (χ0n) is 15.6. The second kappa shape index (κ2) is 7.68. The van der Waals surface area contributed by atoms with Crippen LogP contribution in [0.25, 0.3) is 22.1 Å². The van der Waals surface area contributed by atoms with Crippen LogP contribution in [0.1, 0.15) is 11.1 Å². The molecule has 0 fully saturated rings. The Morgan fingerprint density at radius 3 is 2.43 bits per heavy atom. The largest absolute Gasteiger partial charge is 0.872 e. The molecule has 0 radical (unpaired) electrons. The number of alkyl halides is 3. The third-order valence-corrected chi connectivity index (χ3v) is 4.79. The summed E-state index contributed by atoms with van der Waals surface area (Å²) in [6.07, 6.45) is -4.43. The van der Waals surface area contributed by atoms with E-state index in [4.69, 9.17) is 4.42 Å². The smallest absolute Gasteiger partial charge is 0.416 e. The van der Waals surface area contributed by atoms with Gasteiger partial charge >= 0.3 is 11.8 Å². The van der Waals surface area contributed by atoms with E-state index in [1.807, 2.05) is 6.07 Å². The van der Waals surface area contributed by atoms with Crippen LogP contribution in [0.2, 0.25) is 0 Å². The van der Waals surface area contributed by atoms with Crippen LogP contribution in [0.15, 0.2) is 82.0 Å². The first-order valence-corrected chi connectivity index (χ1v) is 9.15. The van der Waals surface area contributed by atoms with Gasteiger partial charge in [-0.15, -0.1) is 5.75 Å². The van der Waals surface area contributed by atoms with E-state index >= 15 is 0 Å². The monoisotopic (exact) mass is 411 g/mol. The molecule has 0 spiro atoms. The molecule has 152 valence electrons. The highest BCUT2D eigenvalue weighted by atomic mass is 19.4. The van der Waals surface area contributed by atoms with Gasteiger partial charge in [0.1, 0.15) is 17.8 Å². The lowest BCUT2D eigenvalue weighted by molar-refractivity contribution is -0.588. The average molecular weight is 411 g/mol. The topological polar surface area (TPSA) is 69.9 Å². The predicted molar refractivity (Wildman–Crippen MR) is 104 cm³/mol. The molecule has 4 aromatic rings. The van der Waals surface area contributed by atoms with Gasteiger partial charge < -0.3 is 14.8 Å². The summed E-state index contributed by atoms with van der Waals surface area (Å²) in [7, 11) is 0. The minimum Gasteiger partial charge on any atom is -0.872 e. The Balaban J connectivity index is 1.70. The molecular formula is C23H16F3NO3. The molecule has 4 rings (SSSR count). The van der Waals surface area contributed by atoms with Gasteiger partial charge in [0.15, 0.2) is 0 Å². The highest BCUT2D eigenvalue weighted by molar-refractivity contribution is 5.88. The van der Waals surface area contributed by atoms with E-state index in [-0.39, 0.29) is 17.9 Å². The van der Waals surface area contributed by atoms with Crippen LogP contribution in [0, 0.1) is 0 Å². The molecule has 0 unspecified atom stereocenters. The summed E-state index contributed by atoms with van der Waals surface area (Å²) in [4.78, 5) is 12.0. The number of rotatable bonds is 4. The summed E-state index contributed by atoms with van der Waals surface area (Å²) < 4.78 is 44.0. The normalized spacial score (nSPS) is 11.7. The van der Waals surface area contributed by atoms with Gasteiger partial charge in [-0.25, -0.2) is 4.79 Å². The summed E-state index contributed by atoms with van der Waals surface area (Å²) in [5.41, 5.74) is 0.909. The minimum atomic E-state index is -4.43. The van der Waals surface area contributed by atoms with E-state index in [1.54, 1.807) is 35.6 Å². The fraction of sp³-hybridized carbons (Fsp3) is 0.0870. The summed E-state index contributed by atoms with van der Waals surface area (Å²) in [6.45, 7) is 0.174. The molecule has 0 bridgehead atoms. The molecule has 2 N–H and O–H groups in total. The summed E-state index contributed by atoms with van der Waals surface area (Å²) >= 11 is 0. The van der Waals surface area contributed by atoms with Gasteiger partial charge in [-0.1, -0.05) is 42.5 Å². The first-order chi connectivity index (χ1) is 14.3. The lowest BCUT2D eigenvalue weighted by Gasteiger charge is -2.16. The van der Waals surface area contributed by atoms with Crippen LogP contribution >= 0.6 is 0 Å². The van der Waals surface area contributed by atoms with Crippen LogP contribution < -0.4 is 16.0 Å². The number of quaternary nitrogens is 1. The van der Waals surface area contributed by atoms with Gasteiger partial charge in [-0.2, -0.15) is 13.2 Å². The van der Waals surface area contributed by atoms with Gasteiger partial charge in [0.25, 0.3) is 0 Å². The van der Waals surface area contributed by atoms with E-state index in [0.717, 1.165) is 12.1 Å². The molecule has 4 nitrogen and oxygen atoms in total. The Kier molecular flexibility index (Phi) is 5.05. The van der Waals surface area contributed by atoms with Gasteiger partial charge in [-0.3, -0.25) is 0 Å². The highest BCUT2D eigenvalue weighted by Gasteiger charge is 2.30. The van der Waals surface area contributed by atoms with Gasteiger partial charge in [0, 0.05) is 23.1 Å². The first-order valence-electron chi connectivity index (χ1n) is 9.15. The van der Waals surface area contributed by atoms with Crippen molar-refractivity contribution in [3.8, 4) is 16.9 Å². The van der Waals surface area contributed by atoms with Crippen molar-refractivity contribution in [2.75, 3.05) is 0 Å². The van der Waals surface area contributed by atoms with E-state index in [9.17, 15) is 23.1 Å². The number of benzene rings is 3. The van der Waals surface area contributed by atoms with E-state index in [0.29, 0.717) is 27.8 Å². The maximum Gasteiger partial charge on any atom is 0.416 e. The Morgan fingerprint density at radius 1 is 0.933 bits per heavy atom. The van der Waals surface area contributed by atoms with Gasteiger partial charge in [0.2, 0.25) is 0 Å². The zero-order chi connectivity index (χ0) is 21.3. The molecule has 0 atom stereocenters. The van der Waals surface area contributed by atoms with Crippen LogP contribution in [0.5, 0.6) is 5.75 Å². The first kappa shape index (κ1) is 19.7. The van der Waals surface area contributed by atoms with Gasteiger partial charge in [-0.05, 0) is 29.3 Å². The second-order valence-electron chi connectivity index (χ2n) is 6.83. The van der Waals surface area contributed by atoms with Crippen molar-refractivity contribution in [2.24, 2.45) is 0 Å². The molecule has 0 amide bonds. The summed E-state index contributed by atoms with van der Waals surface area (Å²) in [6, 6.07) is 18.1. The molecular weight excluding hydrogens is 395 g/mol. The minimum absolute atomic E-state index is 0.174. The van der Waals surface area contributed by atoms with Crippen molar-refractivity contribution in [3.05, 3.63) is 94.3 Å². The molecule has 1 heterocycles. The Morgan fingerprint density at radius 2 is 1.70 bits per heavy atom. The van der Waals surface area contributed by atoms with Crippen LogP contribution in [-0.2, 0) is 12.7 Å². The van der Waals surface area contributed by atoms with Crippen LogP contribution in [0.4, 0.5) is 18.9 Å². The van der Waals surface area contributed by atoms with Crippen molar-refractivity contribution in [1.29, 1.82) is 0 Å². The molecule has 7 heteroatoms. The fourth-order valence-corrected chi connectivity index (χ4v) is 3.34. The number of hydrogen-bond donors (Lipinski definition) is 1. The number of fused-ring (bicyclic) bond motifs is 1. The van der Waals surface area contributed by atoms with Gasteiger partial charge in [0.05, 0.1) is 5.56 Å². The Labute approximate surface area is 169 Å². The molecule has 30 heavy (non-hydrogen) atoms. The standard InChI is InChI=1S/C23H16F3NO3/c24-23(25,26)16-7-4-8-17(10-16)27-13-15-9-22(29)30-21-12-18(20(28)11-19(15)21)14-5-2-1-3-6-14/h1-12,27-28H,13H2. The van der Waals surface area contributed by atoms with Crippen molar-refractivity contribution in [2.45, 2.75) is 12.7 Å². The summed E-state index contributed by atoms with van der Waals surface area (Å²) in [5, 5.41) is 14.7. The van der Waals surface area contributed by atoms with Crippen molar-refractivity contribution in [3.63, 3.8) is 0 Å². The highest BCUT2D eigenvalue weighted by Crippen LogP contribution is 2.32. The quantitative estimate of drug-likeness (QED) is 0.408. The third kappa shape index (κ3) is 4.06. The fourth-order valence-electron chi connectivity index (χ4n) is 3.34. The lowest BCUT2D eigenvalue weighted by Crippen LogP contribution is -2.76. The number of nitrogens with two attached hydrogens (primary N) is 1. The lowest BCUT2D eigenvalue weighted by atomic mass is 10.0. The summed E-state index contributed by atoms with van der Waals surface area (Å²) in [5.74, 6) is -0.233. The molecule has 0 aliphatic rings. The third-order valence-electron chi connectivity index (χ3n) is 4.79. The van der Waals surface area contributed by atoms with Crippen molar-refractivity contribution >= 4 is 16.7 Å². The maximum atomic E-state index is 12.9. The molecule has 3 aromatic carbocycles. The molecule has 1 aromatic heterocycles. The van der Waals surface area contributed by atoms with E-state index in [2.05, 4.69) is 0 Å².